The lowest BCUT2D eigenvalue weighted by Gasteiger charge is -2.37. The molecule has 0 saturated carbocycles. The lowest BCUT2D eigenvalue weighted by molar-refractivity contribution is -0.165. The molecule has 12 rings (SSSR count). The smallest absolute Gasteiger partial charge is 0.365 e. The van der Waals surface area contributed by atoms with Crippen molar-refractivity contribution in [3.8, 4) is 0 Å². The highest BCUT2D eigenvalue weighted by Gasteiger charge is 2.41. The van der Waals surface area contributed by atoms with Crippen LogP contribution in [0.5, 0.6) is 0 Å². The van der Waals surface area contributed by atoms with Crippen LogP contribution in [-0.2, 0) is 57.6 Å². The Balaban J connectivity index is 0.000000169. The molecule has 5 unspecified atom stereocenters. The molecule has 7 heterocycles. The summed E-state index contributed by atoms with van der Waals surface area (Å²) in [5, 5.41) is 32.8. The van der Waals surface area contributed by atoms with Gasteiger partial charge in [0.1, 0.15) is 15.8 Å². The van der Waals surface area contributed by atoms with Gasteiger partial charge in [-0.3, -0.25) is 9.80 Å². The monoisotopic (exact) mass is 1600 g/mol. The van der Waals surface area contributed by atoms with E-state index in [1.807, 2.05) is 180 Å². The average molecular weight is 1600 g/mol. The molecule has 27 heteroatoms. The molecule has 5 atom stereocenters. The summed E-state index contributed by atoms with van der Waals surface area (Å²) in [7, 11) is 1.48. The number of hydrogen-bond acceptors (Lipinski definition) is 26. The molecule has 0 spiro atoms. The molecule has 0 bridgehead atoms. The fourth-order valence-corrected chi connectivity index (χ4v) is 17.6. The Hall–Kier alpha value is -6.01. The maximum atomic E-state index is 12.6. The molecule has 20 nitrogen and oxygen atoms in total. The van der Waals surface area contributed by atoms with Crippen LogP contribution in [0, 0.1) is 0 Å². The second-order valence-corrected chi connectivity index (χ2v) is 38.5. The predicted molar refractivity (Wildman–Crippen MR) is 436 cm³/mol. The van der Waals surface area contributed by atoms with E-state index in [2.05, 4.69) is 88.4 Å². The highest BCUT2D eigenvalue weighted by atomic mass is 35.5. The van der Waals surface area contributed by atoms with Gasteiger partial charge >= 0.3 is 29.8 Å². The standard InChI is InChI=1S/C18H23ClN2O3S.C18H24N2O2S.C15H19NO3S.C15H19NO2S2.C14H17NO3S/c1-12-10-15(14-11-13(19)4-5-16(14)25-12)20-24-17(22)18(2,3)21-6-8-23-9-7-21;1-13-12-15(14-8-4-5-9-16(14)23-13)19-22-17(21)18(2,3)20-10-6-7-11-20;1-10-9-12(11-7-5-6-8-13(11)20-10)16-19-14(17)15(2,3)18-4;1-10-9-12(11-7-5-6-8-13(11)20-10)16-18-14(17)15(2,3)19-4;1-9-8-11(15-18-13(16)14(2,3)17)10-6-4-5-7-12(10)19-9/h4-5,11-12H,6-10H2,1-3H3;4-5,8-9,13H,6-7,10-12H2,1-3H3;2*5-8,10H,9H2,1-4H3;4-7,9,17H,8H2,1-3H3/b20-15+;19-15+;2*16-12+;15-11+. The lowest BCUT2D eigenvalue weighted by atomic mass is 10.0. The fraction of sp³-hybridized carbons (Fsp3) is 0.500. The number of carbonyl (C=O) groups is 5. The van der Waals surface area contributed by atoms with Gasteiger partial charge in [0.2, 0.25) is 0 Å². The maximum Gasteiger partial charge on any atom is 0.365 e. The van der Waals surface area contributed by atoms with Crippen molar-refractivity contribution in [2.75, 3.05) is 52.8 Å². The summed E-state index contributed by atoms with van der Waals surface area (Å²) in [6.45, 7) is 32.6. The zero-order valence-corrected chi connectivity index (χ0v) is 70.0. The predicted octanol–water partition coefficient (Wildman–Crippen LogP) is 17.1. The third-order valence-electron chi connectivity index (χ3n) is 18.5. The van der Waals surface area contributed by atoms with E-state index in [1.54, 1.807) is 37.4 Å². The third-order valence-corrected chi connectivity index (χ3v) is 25.8. The van der Waals surface area contributed by atoms with E-state index in [-0.39, 0.29) is 17.9 Å². The SMILES string of the molecule is CC1C/C(=N\OC(=O)C(C)(C)N2CCCC2)c2ccccc2S1.CC1C/C(=N\OC(=O)C(C)(C)N2CCOCC2)c2cc(Cl)ccc2S1.CC1C/C(=N\OC(=O)C(C)(C)O)c2ccccc2S1.COC(C)(C)C(=O)O/N=C1\CC(C)Sc2ccccc21.CSC(C)(C)C(=O)O/N=C1\CC(C)Sc2ccccc21. The van der Waals surface area contributed by atoms with Gasteiger partial charge in [-0.15, -0.1) is 70.6 Å². The van der Waals surface area contributed by atoms with Crippen molar-refractivity contribution in [2.45, 2.75) is 227 Å². The Labute approximate surface area is 661 Å². The van der Waals surface area contributed by atoms with E-state index in [0.29, 0.717) is 57.6 Å². The van der Waals surface area contributed by atoms with Gasteiger partial charge in [-0.1, -0.05) is 145 Å². The minimum Gasteiger partial charge on any atom is -0.379 e. The summed E-state index contributed by atoms with van der Waals surface area (Å²) in [6.07, 6.45) is 8.07. The number of likely N-dealkylation sites (tertiary alicyclic amines) is 1. The van der Waals surface area contributed by atoms with E-state index < -0.39 is 39.0 Å². The first kappa shape index (κ1) is 86.6. The largest absolute Gasteiger partial charge is 0.379 e. The summed E-state index contributed by atoms with van der Waals surface area (Å²) >= 11 is 16.6. The summed E-state index contributed by atoms with van der Waals surface area (Å²) in [6, 6.07) is 38.0. The van der Waals surface area contributed by atoms with Crippen LogP contribution in [0.4, 0.5) is 0 Å². The topological polar surface area (TPSA) is 238 Å². The van der Waals surface area contributed by atoms with Gasteiger partial charge in [-0.2, -0.15) is 0 Å². The van der Waals surface area contributed by atoms with Crippen molar-refractivity contribution < 1.29 is 62.7 Å². The number of ether oxygens (including phenoxy) is 2. The first-order valence-electron chi connectivity index (χ1n) is 35.9. The van der Waals surface area contributed by atoms with Crippen LogP contribution >= 0.6 is 82.2 Å². The summed E-state index contributed by atoms with van der Waals surface area (Å²) < 4.78 is 9.87. The van der Waals surface area contributed by atoms with Gasteiger partial charge < -0.3 is 38.8 Å². The van der Waals surface area contributed by atoms with Crippen molar-refractivity contribution in [2.24, 2.45) is 25.8 Å². The van der Waals surface area contributed by atoms with Crippen LogP contribution in [0.15, 0.2) is 166 Å². The number of hydrogen-bond donors (Lipinski definition) is 1. The van der Waals surface area contributed by atoms with Crippen molar-refractivity contribution in [1.29, 1.82) is 0 Å². The number of rotatable bonds is 14. The van der Waals surface area contributed by atoms with Crippen LogP contribution in [0.2, 0.25) is 5.02 Å². The van der Waals surface area contributed by atoms with Crippen LogP contribution in [0.25, 0.3) is 0 Å². The van der Waals surface area contributed by atoms with Gasteiger partial charge in [0.25, 0.3) is 0 Å². The molecule has 107 heavy (non-hydrogen) atoms. The van der Waals surface area contributed by atoms with Crippen molar-refractivity contribution in [1.82, 2.24) is 9.80 Å². The van der Waals surface area contributed by atoms with Crippen molar-refractivity contribution >= 4 is 141 Å². The lowest BCUT2D eigenvalue weighted by Crippen LogP contribution is -2.54. The third kappa shape index (κ3) is 24.2. The molecule has 0 amide bonds. The molecule has 0 radical (unpaired) electrons. The number of morpholine rings is 1. The molecule has 7 aliphatic rings. The van der Waals surface area contributed by atoms with E-state index >= 15 is 0 Å². The number of aliphatic hydroxyl groups is 1. The highest BCUT2D eigenvalue weighted by molar-refractivity contribution is 8.01. The molecule has 2 saturated heterocycles. The number of carbonyl (C=O) groups excluding carboxylic acids is 5. The molecule has 578 valence electrons. The van der Waals surface area contributed by atoms with Crippen molar-refractivity contribution in [3.63, 3.8) is 0 Å². The molecule has 5 aromatic carbocycles. The van der Waals surface area contributed by atoms with Crippen LogP contribution < -0.4 is 0 Å². The van der Waals surface area contributed by atoms with E-state index in [0.717, 1.165) is 124 Å². The number of thioether (sulfide) groups is 6. The van der Waals surface area contributed by atoms with Crippen molar-refractivity contribution in [3.05, 3.63) is 148 Å². The second-order valence-electron chi connectivity index (χ2n) is 29.3. The Morgan fingerprint density at radius 3 is 1.07 bits per heavy atom. The number of nitrogens with zero attached hydrogens (tertiary/aromatic N) is 7. The highest BCUT2D eigenvalue weighted by Crippen LogP contribution is 2.41. The second kappa shape index (κ2) is 39.3. The molecule has 2 fully saturated rings. The van der Waals surface area contributed by atoms with Gasteiger partial charge in [0.05, 0.1) is 41.8 Å². The first-order chi connectivity index (χ1) is 50.6. The Bertz CT molecular complexity index is 4010. The Kier molecular flexibility index (Phi) is 31.8. The molecule has 1 N–H and O–H groups in total. The molecule has 7 aliphatic heterocycles. The number of benzene rings is 5. The normalized spacial score (nSPS) is 22.0. The molecular formula is C80H102ClN7O13S6. The number of methoxy groups -OCH3 is 1. The van der Waals surface area contributed by atoms with Gasteiger partial charge in [-0.25, -0.2) is 24.0 Å². The number of fused-ring (bicyclic) bond motifs is 5. The fourth-order valence-electron chi connectivity index (χ4n) is 11.6. The maximum absolute atomic E-state index is 12.6. The molecular weight excluding hydrogens is 1490 g/mol. The molecule has 5 aromatic rings. The minimum absolute atomic E-state index is 0.268. The van der Waals surface area contributed by atoms with Crippen LogP contribution in [0.1, 0.15) is 177 Å². The summed E-state index contributed by atoms with van der Waals surface area (Å²) in [5.41, 5.74) is 5.34. The van der Waals surface area contributed by atoms with Gasteiger partial charge in [0, 0.05) is 136 Å². The van der Waals surface area contributed by atoms with Crippen LogP contribution in [-0.4, -0.2) is 179 Å². The minimum atomic E-state index is -1.53. The zero-order chi connectivity index (χ0) is 78.0. The van der Waals surface area contributed by atoms with E-state index in [4.69, 9.17) is 45.3 Å². The van der Waals surface area contributed by atoms with Gasteiger partial charge in [-0.05, 0) is 144 Å². The summed E-state index contributed by atoms with van der Waals surface area (Å²) in [4.78, 5) is 96.4. The number of oxime groups is 5. The van der Waals surface area contributed by atoms with Crippen LogP contribution in [0.3, 0.4) is 0 Å². The van der Waals surface area contributed by atoms with E-state index in [9.17, 15) is 29.1 Å². The molecule has 0 aliphatic carbocycles. The Morgan fingerprint density at radius 2 is 0.738 bits per heavy atom. The zero-order valence-electron chi connectivity index (χ0n) is 64.4. The number of halogens is 1. The molecule has 0 aromatic heterocycles. The van der Waals surface area contributed by atoms with Gasteiger partial charge in [0.15, 0.2) is 11.2 Å². The first-order valence-corrected chi connectivity index (χ1v) is 41.9. The summed E-state index contributed by atoms with van der Waals surface area (Å²) in [5.74, 6) is -2.16. The average Bonchev–Trinajstić information content (AvgIpc) is 1.53. The quantitative estimate of drug-likeness (QED) is 0.0803. The van der Waals surface area contributed by atoms with E-state index in [1.165, 1.54) is 47.4 Å². The Morgan fingerprint density at radius 1 is 0.439 bits per heavy atom.